The van der Waals surface area contributed by atoms with Crippen LogP contribution in [0.2, 0.25) is 0 Å². The normalized spacial score (nSPS) is 18.5. The Morgan fingerprint density at radius 1 is 1.50 bits per heavy atom. The van der Waals surface area contributed by atoms with Crippen LogP contribution < -0.4 is 5.73 Å². The number of amides is 1. The third kappa shape index (κ3) is 4.13. The van der Waals surface area contributed by atoms with Gasteiger partial charge < -0.3 is 10.6 Å². The summed E-state index contributed by atoms with van der Waals surface area (Å²) >= 11 is 0. The molecule has 0 aliphatic carbocycles. The molecule has 0 saturated carbocycles. The van der Waals surface area contributed by atoms with Crippen molar-refractivity contribution in [1.29, 1.82) is 0 Å². The first-order chi connectivity index (χ1) is 8.36. The lowest BCUT2D eigenvalue weighted by atomic mass is 9.83. The average molecular weight is 252 g/mol. The minimum atomic E-state index is -0.311. The smallest absolute Gasteiger partial charge is 0.239 e. The Morgan fingerprint density at radius 3 is 2.61 bits per heavy atom. The molecule has 0 aromatic rings. The summed E-state index contributed by atoms with van der Waals surface area (Å²) in [4.78, 5) is 14.0. The van der Waals surface area contributed by atoms with E-state index in [0.29, 0.717) is 0 Å². The largest absolute Gasteiger partial charge is 0.337 e. The van der Waals surface area contributed by atoms with Crippen LogP contribution in [0.4, 0.5) is 0 Å². The second-order valence-corrected chi connectivity index (χ2v) is 6.26. The molecule has 1 amide bonds. The van der Waals surface area contributed by atoms with Crippen LogP contribution >= 0.6 is 0 Å². The highest BCUT2D eigenvalue weighted by atomic mass is 16.2. The molecule has 0 bridgehead atoms. The van der Waals surface area contributed by atoms with E-state index in [2.05, 4.69) is 33.8 Å². The summed E-state index contributed by atoms with van der Waals surface area (Å²) < 4.78 is 0. The van der Waals surface area contributed by atoms with Crippen molar-refractivity contribution in [2.75, 3.05) is 13.1 Å². The molecule has 3 nitrogen and oxygen atoms in total. The fraction of sp³-hybridized carbons (Fsp3) is 0.800. The van der Waals surface area contributed by atoms with E-state index in [9.17, 15) is 4.79 Å². The van der Waals surface area contributed by atoms with Crippen LogP contribution in [0, 0.1) is 5.41 Å². The SMILES string of the molecule is CCCCC(N)C(=O)N1CC=C(C(C)(C)C)CC1. The first-order valence-corrected chi connectivity index (χ1v) is 7.10. The highest BCUT2D eigenvalue weighted by molar-refractivity contribution is 5.81. The lowest BCUT2D eigenvalue weighted by molar-refractivity contribution is -0.132. The van der Waals surface area contributed by atoms with Gasteiger partial charge in [0.25, 0.3) is 0 Å². The van der Waals surface area contributed by atoms with E-state index >= 15 is 0 Å². The van der Waals surface area contributed by atoms with Gasteiger partial charge in [-0.1, -0.05) is 52.2 Å². The van der Waals surface area contributed by atoms with Gasteiger partial charge >= 0.3 is 0 Å². The first kappa shape index (κ1) is 15.2. The molecule has 0 fully saturated rings. The predicted octanol–water partition coefficient (Wildman–Crippen LogP) is 2.71. The first-order valence-electron chi connectivity index (χ1n) is 7.10. The number of nitrogens with zero attached hydrogens (tertiary/aromatic N) is 1. The fourth-order valence-corrected chi connectivity index (χ4v) is 2.33. The third-order valence-electron chi connectivity index (χ3n) is 3.67. The van der Waals surface area contributed by atoms with E-state index in [1.54, 1.807) is 0 Å². The lowest BCUT2D eigenvalue weighted by Crippen LogP contribution is -2.45. The molecule has 0 aromatic carbocycles. The molecule has 0 aromatic heterocycles. The Kier molecular flexibility index (Phi) is 5.39. The molecule has 1 atom stereocenters. The van der Waals surface area contributed by atoms with E-state index in [0.717, 1.165) is 38.8 Å². The van der Waals surface area contributed by atoms with E-state index in [-0.39, 0.29) is 17.4 Å². The highest BCUT2D eigenvalue weighted by Gasteiger charge is 2.25. The van der Waals surface area contributed by atoms with Crippen LogP contribution in [0.3, 0.4) is 0 Å². The third-order valence-corrected chi connectivity index (χ3v) is 3.67. The zero-order valence-corrected chi connectivity index (χ0v) is 12.3. The lowest BCUT2D eigenvalue weighted by Gasteiger charge is -2.33. The van der Waals surface area contributed by atoms with Crippen molar-refractivity contribution in [3.05, 3.63) is 11.6 Å². The Balaban J connectivity index is 2.52. The van der Waals surface area contributed by atoms with Gasteiger partial charge in [-0.25, -0.2) is 0 Å². The summed E-state index contributed by atoms with van der Waals surface area (Å²) in [7, 11) is 0. The maximum Gasteiger partial charge on any atom is 0.239 e. The summed E-state index contributed by atoms with van der Waals surface area (Å²) in [6, 6.07) is -0.311. The zero-order valence-electron chi connectivity index (χ0n) is 12.3. The van der Waals surface area contributed by atoms with Crippen molar-refractivity contribution in [3.8, 4) is 0 Å². The number of hydrogen-bond acceptors (Lipinski definition) is 2. The van der Waals surface area contributed by atoms with Crippen molar-refractivity contribution in [1.82, 2.24) is 4.90 Å². The van der Waals surface area contributed by atoms with Crippen molar-refractivity contribution >= 4 is 5.91 Å². The summed E-state index contributed by atoms with van der Waals surface area (Å²) in [6.07, 6.45) is 6.12. The molecule has 104 valence electrons. The Hall–Kier alpha value is -0.830. The number of unbranched alkanes of at least 4 members (excludes halogenated alkanes) is 1. The second kappa shape index (κ2) is 6.37. The average Bonchev–Trinajstić information content (AvgIpc) is 2.34. The van der Waals surface area contributed by atoms with Gasteiger partial charge in [0.1, 0.15) is 0 Å². The molecule has 1 rings (SSSR count). The highest BCUT2D eigenvalue weighted by Crippen LogP contribution is 2.30. The van der Waals surface area contributed by atoms with E-state index in [1.165, 1.54) is 5.57 Å². The molecule has 0 radical (unpaired) electrons. The Bertz CT molecular complexity index is 315. The number of hydrogen-bond donors (Lipinski definition) is 1. The molecule has 0 spiro atoms. The molecule has 1 aliphatic heterocycles. The van der Waals surface area contributed by atoms with Gasteiger partial charge in [0.05, 0.1) is 6.04 Å². The minimum Gasteiger partial charge on any atom is -0.337 e. The summed E-state index contributed by atoms with van der Waals surface area (Å²) in [5.41, 5.74) is 7.62. The molecule has 1 aliphatic rings. The van der Waals surface area contributed by atoms with Gasteiger partial charge in [-0.05, 0) is 18.3 Å². The summed E-state index contributed by atoms with van der Waals surface area (Å²) in [6.45, 7) is 10.3. The number of carbonyl (C=O) groups excluding carboxylic acids is 1. The van der Waals surface area contributed by atoms with Crippen LogP contribution in [0.15, 0.2) is 11.6 Å². The minimum absolute atomic E-state index is 0.118. The second-order valence-electron chi connectivity index (χ2n) is 6.26. The van der Waals surface area contributed by atoms with Crippen LogP contribution in [-0.4, -0.2) is 29.9 Å². The number of rotatable bonds is 4. The van der Waals surface area contributed by atoms with E-state index in [4.69, 9.17) is 5.73 Å². The van der Waals surface area contributed by atoms with Crippen LogP contribution in [0.1, 0.15) is 53.4 Å². The number of nitrogens with two attached hydrogens (primary N) is 1. The van der Waals surface area contributed by atoms with Gasteiger partial charge in [0.15, 0.2) is 0 Å². The van der Waals surface area contributed by atoms with Crippen molar-refractivity contribution in [2.24, 2.45) is 11.1 Å². The maximum atomic E-state index is 12.1. The maximum absolute atomic E-state index is 12.1. The van der Waals surface area contributed by atoms with Crippen molar-refractivity contribution < 1.29 is 4.79 Å². The topological polar surface area (TPSA) is 46.3 Å². The quantitative estimate of drug-likeness (QED) is 0.782. The van der Waals surface area contributed by atoms with Gasteiger partial charge in [0, 0.05) is 13.1 Å². The van der Waals surface area contributed by atoms with Crippen LogP contribution in [-0.2, 0) is 4.79 Å². The summed E-state index contributed by atoms with van der Waals surface area (Å²) in [5.74, 6) is 0.118. The monoisotopic (exact) mass is 252 g/mol. The van der Waals surface area contributed by atoms with Crippen LogP contribution in [0.25, 0.3) is 0 Å². The zero-order chi connectivity index (χ0) is 13.8. The standard InChI is InChI=1S/C15H28N2O/c1-5-6-7-13(16)14(18)17-10-8-12(9-11-17)15(2,3)4/h8,13H,5-7,9-11,16H2,1-4H3. The molecular weight excluding hydrogens is 224 g/mol. The molecule has 1 heterocycles. The molecule has 2 N–H and O–H groups in total. The van der Waals surface area contributed by atoms with Gasteiger partial charge in [-0.15, -0.1) is 0 Å². The molecule has 1 unspecified atom stereocenters. The fourth-order valence-electron chi connectivity index (χ4n) is 2.33. The Labute approximate surface area is 111 Å². The molecular formula is C15H28N2O. The van der Waals surface area contributed by atoms with Gasteiger partial charge in [-0.2, -0.15) is 0 Å². The van der Waals surface area contributed by atoms with Crippen molar-refractivity contribution in [3.63, 3.8) is 0 Å². The van der Waals surface area contributed by atoms with Crippen molar-refractivity contribution in [2.45, 2.75) is 59.4 Å². The molecule has 18 heavy (non-hydrogen) atoms. The van der Waals surface area contributed by atoms with Gasteiger partial charge in [-0.3, -0.25) is 4.79 Å². The molecule has 3 heteroatoms. The number of carbonyl (C=O) groups is 1. The summed E-state index contributed by atoms with van der Waals surface area (Å²) in [5, 5.41) is 0. The van der Waals surface area contributed by atoms with E-state index < -0.39 is 0 Å². The van der Waals surface area contributed by atoms with E-state index in [1.807, 2.05) is 4.90 Å². The van der Waals surface area contributed by atoms with Gasteiger partial charge in [0.2, 0.25) is 5.91 Å². The Morgan fingerprint density at radius 2 is 2.17 bits per heavy atom. The predicted molar refractivity (Wildman–Crippen MR) is 76.2 cm³/mol. The molecule has 0 saturated heterocycles. The van der Waals surface area contributed by atoms with Crippen LogP contribution in [0.5, 0.6) is 0 Å².